The van der Waals surface area contributed by atoms with E-state index < -0.39 is 0 Å². The number of rotatable bonds is 8. The molecule has 2 amide bonds. The molecule has 4 N–H and O–H groups in total. The van der Waals surface area contributed by atoms with Crippen LogP contribution in [0.2, 0.25) is 0 Å². The van der Waals surface area contributed by atoms with Crippen molar-refractivity contribution in [3.8, 4) is 5.75 Å². The van der Waals surface area contributed by atoms with Crippen LogP contribution < -0.4 is 10.6 Å². The number of carbonyl (C=O) groups excluding carboxylic acids is 1. The zero-order valence-corrected chi connectivity index (χ0v) is 19.4. The Bertz CT molecular complexity index is 988. The van der Waals surface area contributed by atoms with Crippen LogP contribution >= 0.6 is 11.3 Å². The van der Waals surface area contributed by atoms with E-state index in [2.05, 4.69) is 45.2 Å². The van der Waals surface area contributed by atoms with Gasteiger partial charge in [-0.2, -0.15) is 0 Å². The summed E-state index contributed by atoms with van der Waals surface area (Å²) in [5, 5.41) is 25.8. The summed E-state index contributed by atoms with van der Waals surface area (Å²) >= 11 is 1.74. The minimum atomic E-state index is -0.250. The van der Waals surface area contributed by atoms with Crippen molar-refractivity contribution in [2.45, 2.75) is 31.8 Å². The normalized spacial score (nSPS) is 12.5. The molecule has 172 valence electrons. The number of thiophene rings is 1. The number of aromatic hydroxyl groups is 1. The summed E-state index contributed by atoms with van der Waals surface area (Å²) in [6.45, 7) is 2.33. The number of amides is 2. The molecule has 0 fully saturated rings. The van der Waals surface area contributed by atoms with E-state index in [-0.39, 0.29) is 30.3 Å². The fraction of sp³-hybridized carbons (Fsp3) is 0.333. The predicted molar refractivity (Wildman–Crippen MR) is 130 cm³/mol. The lowest BCUT2D eigenvalue weighted by molar-refractivity contribution is -0.122. The van der Waals surface area contributed by atoms with Gasteiger partial charge < -0.3 is 25.7 Å². The van der Waals surface area contributed by atoms with Crippen molar-refractivity contribution in [3.63, 3.8) is 0 Å². The maximum absolute atomic E-state index is 12.4. The summed E-state index contributed by atoms with van der Waals surface area (Å²) in [7, 11) is 4.02. The smallest absolute Gasteiger partial charge is 0.315 e. The fourth-order valence-electron chi connectivity index (χ4n) is 3.40. The van der Waals surface area contributed by atoms with E-state index in [0.717, 1.165) is 18.4 Å². The van der Waals surface area contributed by atoms with Gasteiger partial charge in [-0.15, -0.1) is 11.3 Å². The van der Waals surface area contributed by atoms with Gasteiger partial charge in [-0.3, -0.25) is 4.79 Å². The molecule has 2 aromatic carbocycles. The third-order valence-corrected chi connectivity index (χ3v) is 6.11. The van der Waals surface area contributed by atoms with Crippen molar-refractivity contribution in [1.29, 1.82) is 0 Å². The van der Waals surface area contributed by atoms with E-state index in [9.17, 15) is 9.90 Å². The number of nitrogens with one attached hydrogen (secondary N) is 2. The summed E-state index contributed by atoms with van der Waals surface area (Å²) in [5.41, 5.74) is 2.40. The van der Waals surface area contributed by atoms with Crippen LogP contribution in [0.1, 0.15) is 18.1 Å². The SMILES string of the molecule is C[C@@H](Cc1csc2ccccc12)NC(=O)NC[C@H](Cc1ccc(O)cc1)N(C)C.O=CO. The largest absolute Gasteiger partial charge is 0.508 e. The second kappa shape index (κ2) is 12.7. The monoisotopic (exact) mass is 457 g/mol. The van der Waals surface area contributed by atoms with Gasteiger partial charge in [-0.1, -0.05) is 30.3 Å². The Labute approximate surface area is 192 Å². The van der Waals surface area contributed by atoms with Crippen LogP contribution in [0.3, 0.4) is 0 Å². The minimum absolute atomic E-state index is 0.0444. The number of fused-ring (bicyclic) bond motifs is 1. The number of carboxylic acid groups (broad SMARTS) is 1. The van der Waals surface area contributed by atoms with Crippen LogP contribution in [0.15, 0.2) is 53.9 Å². The van der Waals surface area contributed by atoms with Crippen molar-refractivity contribution in [2.24, 2.45) is 0 Å². The molecule has 0 aliphatic heterocycles. The Balaban J connectivity index is 0.00000114. The minimum Gasteiger partial charge on any atom is -0.508 e. The van der Waals surface area contributed by atoms with E-state index in [1.54, 1.807) is 23.5 Å². The van der Waals surface area contributed by atoms with Gasteiger partial charge in [0, 0.05) is 23.3 Å². The third-order valence-electron chi connectivity index (χ3n) is 5.10. The summed E-state index contributed by atoms with van der Waals surface area (Å²) in [6.07, 6.45) is 1.60. The Hall–Kier alpha value is -3.10. The van der Waals surface area contributed by atoms with Gasteiger partial charge in [0.15, 0.2) is 0 Å². The number of benzene rings is 2. The molecule has 0 aliphatic rings. The first-order chi connectivity index (χ1) is 15.3. The average molecular weight is 458 g/mol. The van der Waals surface area contributed by atoms with Crippen LogP contribution in [0, 0.1) is 0 Å². The molecular formula is C24H31N3O4S. The summed E-state index contributed by atoms with van der Waals surface area (Å²) in [4.78, 5) is 22.9. The Kier molecular flexibility index (Phi) is 9.97. The van der Waals surface area contributed by atoms with Crippen LogP contribution in [-0.2, 0) is 17.6 Å². The molecule has 1 heterocycles. The second-order valence-electron chi connectivity index (χ2n) is 7.81. The molecule has 0 bridgehead atoms. The number of likely N-dealkylation sites (N-methyl/N-ethyl adjacent to an activating group) is 1. The van der Waals surface area contributed by atoms with Crippen molar-refractivity contribution in [1.82, 2.24) is 15.5 Å². The van der Waals surface area contributed by atoms with Gasteiger partial charge in [0.05, 0.1) is 0 Å². The lowest BCUT2D eigenvalue weighted by atomic mass is 10.0. The zero-order chi connectivity index (χ0) is 23.5. The van der Waals surface area contributed by atoms with E-state index in [0.29, 0.717) is 6.54 Å². The zero-order valence-electron chi connectivity index (χ0n) is 18.6. The van der Waals surface area contributed by atoms with Gasteiger partial charge in [0.25, 0.3) is 6.47 Å². The molecule has 3 aromatic rings. The van der Waals surface area contributed by atoms with Crippen LogP contribution in [0.25, 0.3) is 10.1 Å². The molecule has 7 nitrogen and oxygen atoms in total. The molecular weight excluding hydrogens is 426 g/mol. The highest BCUT2D eigenvalue weighted by Crippen LogP contribution is 2.26. The number of hydrogen-bond acceptors (Lipinski definition) is 5. The summed E-state index contributed by atoms with van der Waals surface area (Å²) in [5.74, 6) is 0.264. The van der Waals surface area contributed by atoms with E-state index in [1.165, 1.54) is 15.6 Å². The molecule has 1 aromatic heterocycles. The lowest BCUT2D eigenvalue weighted by Gasteiger charge is -2.25. The Morgan fingerprint density at radius 1 is 1.12 bits per heavy atom. The van der Waals surface area contributed by atoms with Crippen molar-refractivity contribution < 1.29 is 19.8 Å². The van der Waals surface area contributed by atoms with Crippen molar-refractivity contribution in [2.75, 3.05) is 20.6 Å². The predicted octanol–water partition coefficient (Wildman–Crippen LogP) is 3.71. The van der Waals surface area contributed by atoms with Gasteiger partial charge in [0.2, 0.25) is 0 Å². The van der Waals surface area contributed by atoms with Crippen LogP contribution in [0.5, 0.6) is 5.75 Å². The molecule has 0 saturated heterocycles. The van der Waals surface area contributed by atoms with E-state index in [1.807, 2.05) is 33.2 Å². The number of phenols is 1. The molecule has 2 atom stereocenters. The molecule has 0 aliphatic carbocycles. The molecule has 0 radical (unpaired) electrons. The molecule has 0 spiro atoms. The first-order valence-electron chi connectivity index (χ1n) is 10.4. The average Bonchev–Trinajstić information content (AvgIpc) is 3.15. The maximum atomic E-state index is 12.4. The summed E-state index contributed by atoms with van der Waals surface area (Å²) in [6, 6.07) is 15.7. The number of nitrogens with zero attached hydrogens (tertiary/aromatic N) is 1. The molecule has 0 saturated carbocycles. The van der Waals surface area contributed by atoms with E-state index >= 15 is 0 Å². The van der Waals surface area contributed by atoms with Crippen molar-refractivity contribution in [3.05, 3.63) is 65.0 Å². The molecule has 32 heavy (non-hydrogen) atoms. The van der Waals surface area contributed by atoms with Gasteiger partial charge in [-0.25, -0.2) is 4.79 Å². The van der Waals surface area contributed by atoms with E-state index in [4.69, 9.17) is 9.90 Å². The van der Waals surface area contributed by atoms with Crippen LogP contribution in [-0.4, -0.2) is 60.3 Å². The Morgan fingerprint density at radius 2 is 1.78 bits per heavy atom. The van der Waals surface area contributed by atoms with Crippen LogP contribution in [0.4, 0.5) is 4.79 Å². The quantitative estimate of drug-likeness (QED) is 0.386. The number of phenolic OH excluding ortho intramolecular Hbond substituents is 1. The van der Waals surface area contributed by atoms with Gasteiger partial charge in [0.1, 0.15) is 5.75 Å². The topological polar surface area (TPSA) is 102 Å². The lowest BCUT2D eigenvalue weighted by Crippen LogP contribution is -2.47. The highest BCUT2D eigenvalue weighted by Gasteiger charge is 2.15. The fourth-order valence-corrected chi connectivity index (χ4v) is 4.37. The first kappa shape index (κ1) is 25.2. The standard InChI is InChI=1S/C23H29N3O2S.CH2O2/c1-16(12-18-15-29-22-7-5-4-6-21(18)22)25-23(28)24-14-19(26(2)3)13-17-8-10-20(27)11-9-17;2-1-3/h4-11,15-16,19,27H,12-14H2,1-3H3,(H2,24,25,28);1H,(H,2,3)/t16-,19-;/m0./s1. The van der Waals surface area contributed by atoms with Crippen molar-refractivity contribution >= 4 is 33.9 Å². The first-order valence-corrected chi connectivity index (χ1v) is 11.2. The summed E-state index contributed by atoms with van der Waals surface area (Å²) < 4.78 is 1.28. The Morgan fingerprint density at radius 3 is 2.44 bits per heavy atom. The second-order valence-corrected chi connectivity index (χ2v) is 8.72. The number of hydrogen-bond donors (Lipinski definition) is 4. The molecule has 0 unspecified atom stereocenters. The van der Waals surface area contributed by atoms with Gasteiger partial charge >= 0.3 is 6.03 Å². The molecule has 3 rings (SSSR count). The van der Waals surface area contributed by atoms with Gasteiger partial charge in [-0.05, 0) is 74.0 Å². The highest BCUT2D eigenvalue weighted by atomic mass is 32.1. The third kappa shape index (κ3) is 7.86. The maximum Gasteiger partial charge on any atom is 0.315 e. The molecule has 8 heteroatoms. The number of urea groups is 1. The highest BCUT2D eigenvalue weighted by molar-refractivity contribution is 7.17. The number of carbonyl (C=O) groups is 2.